The van der Waals surface area contributed by atoms with Gasteiger partial charge in [-0.2, -0.15) is 5.26 Å². The minimum absolute atomic E-state index is 0.188. The highest BCUT2D eigenvalue weighted by Gasteiger charge is 2.12. The average Bonchev–Trinajstić information content (AvgIpc) is 2.37. The second-order valence-corrected chi connectivity index (χ2v) is 4.67. The fourth-order valence-electron chi connectivity index (χ4n) is 1.51. The van der Waals surface area contributed by atoms with Gasteiger partial charge in [0.1, 0.15) is 5.75 Å². The van der Waals surface area contributed by atoms with Crippen LogP contribution >= 0.6 is 0 Å². The molecule has 0 spiro atoms. The molecule has 5 heteroatoms. The SMILES string of the molecule is CN(C)CCC(N)CC(=O)Oc1ccc(C#N)cc1. The van der Waals surface area contributed by atoms with Crippen molar-refractivity contribution in [2.24, 2.45) is 5.73 Å². The van der Waals surface area contributed by atoms with Crippen LogP contribution in [0.3, 0.4) is 0 Å². The second kappa shape index (κ2) is 7.52. The summed E-state index contributed by atoms with van der Waals surface area (Å²) < 4.78 is 5.15. The van der Waals surface area contributed by atoms with Gasteiger partial charge in [0.15, 0.2) is 0 Å². The van der Waals surface area contributed by atoms with E-state index in [1.54, 1.807) is 24.3 Å². The van der Waals surface area contributed by atoms with E-state index in [4.69, 9.17) is 15.7 Å². The maximum atomic E-state index is 11.6. The van der Waals surface area contributed by atoms with Gasteiger partial charge in [0, 0.05) is 6.04 Å². The standard InChI is InChI=1S/C14H19N3O2/c1-17(2)8-7-12(16)9-14(18)19-13-5-3-11(10-15)4-6-13/h3-6,12H,7-9,16H2,1-2H3. The number of nitriles is 1. The number of hydrogen-bond donors (Lipinski definition) is 1. The van der Waals surface area contributed by atoms with Crippen molar-refractivity contribution in [1.82, 2.24) is 4.90 Å². The zero-order chi connectivity index (χ0) is 14.3. The van der Waals surface area contributed by atoms with Gasteiger partial charge >= 0.3 is 5.97 Å². The van der Waals surface area contributed by atoms with Crippen LogP contribution in [0.25, 0.3) is 0 Å². The molecular weight excluding hydrogens is 242 g/mol. The zero-order valence-electron chi connectivity index (χ0n) is 11.3. The van der Waals surface area contributed by atoms with Crippen molar-refractivity contribution in [3.8, 4) is 11.8 Å². The Morgan fingerprint density at radius 2 is 2.05 bits per heavy atom. The molecule has 1 unspecified atom stereocenters. The molecule has 2 N–H and O–H groups in total. The van der Waals surface area contributed by atoms with Gasteiger partial charge in [-0.05, 0) is 51.3 Å². The first-order chi connectivity index (χ1) is 9.01. The Hall–Kier alpha value is -1.90. The number of rotatable bonds is 6. The molecule has 0 saturated carbocycles. The summed E-state index contributed by atoms with van der Waals surface area (Å²) in [6.45, 7) is 0.839. The van der Waals surface area contributed by atoms with Crippen molar-refractivity contribution in [3.05, 3.63) is 29.8 Å². The third-order valence-corrected chi connectivity index (χ3v) is 2.59. The molecule has 0 radical (unpaired) electrons. The molecule has 0 heterocycles. The van der Waals surface area contributed by atoms with Gasteiger partial charge in [-0.3, -0.25) is 4.79 Å². The molecule has 0 amide bonds. The lowest BCUT2D eigenvalue weighted by Crippen LogP contribution is -2.30. The van der Waals surface area contributed by atoms with Gasteiger partial charge in [-0.25, -0.2) is 0 Å². The number of nitrogens with zero attached hydrogens (tertiary/aromatic N) is 2. The lowest BCUT2D eigenvalue weighted by atomic mass is 10.1. The van der Waals surface area contributed by atoms with Gasteiger partial charge in [0.2, 0.25) is 0 Å². The molecule has 19 heavy (non-hydrogen) atoms. The average molecular weight is 261 g/mol. The van der Waals surface area contributed by atoms with Crippen molar-refractivity contribution in [2.75, 3.05) is 20.6 Å². The number of carbonyl (C=O) groups is 1. The van der Waals surface area contributed by atoms with Crippen LogP contribution in [0.4, 0.5) is 0 Å². The third kappa shape index (κ3) is 6.00. The lowest BCUT2D eigenvalue weighted by Gasteiger charge is -2.14. The van der Waals surface area contributed by atoms with Crippen LogP contribution in [0.5, 0.6) is 5.75 Å². The largest absolute Gasteiger partial charge is 0.426 e. The molecule has 0 aliphatic carbocycles. The first kappa shape index (κ1) is 15.2. The van der Waals surface area contributed by atoms with E-state index in [0.717, 1.165) is 13.0 Å². The minimum Gasteiger partial charge on any atom is -0.426 e. The van der Waals surface area contributed by atoms with Crippen LogP contribution < -0.4 is 10.5 Å². The van der Waals surface area contributed by atoms with Crippen molar-refractivity contribution >= 4 is 5.97 Å². The van der Waals surface area contributed by atoms with Crippen molar-refractivity contribution in [3.63, 3.8) is 0 Å². The third-order valence-electron chi connectivity index (χ3n) is 2.59. The highest BCUT2D eigenvalue weighted by molar-refractivity contribution is 5.73. The molecule has 1 rings (SSSR count). The van der Waals surface area contributed by atoms with Crippen LogP contribution in [0, 0.1) is 11.3 Å². The summed E-state index contributed by atoms with van der Waals surface area (Å²) in [6, 6.07) is 8.21. The van der Waals surface area contributed by atoms with Gasteiger partial charge < -0.3 is 15.4 Å². The van der Waals surface area contributed by atoms with E-state index in [1.165, 1.54) is 0 Å². The Kier molecular flexibility index (Phi) is 6.00. The Balaban J connectivity index is 2.40. The molecule has 1 aromatic carbocycles. The second-order valence-electron chi connectivity index (χ2n) is 4.67. The number of hydrogen-bond acceptors (Lipinski definition) is 5. The molecule has 0 bridgehead atoms. The fourth-order valence-corrected chi connectivity index (χ4v) is 1.51. The first-order valence-corrected chi connectivity index (χ1v) is 6.12. The quantitative estimate of drug-likeness (QED) is 0.613. The summed E-state index contributed by atoms with van der Waals surface area (Å²) in [5.74, 6) is 0.0831. The molecule has 1 atom stereocenters. The van der Waals surface area contributed by atoms with Gasteiger partial charge in [-0.15, -0.1) is 0 Å². The fraction of sp³-hybridized carbons (Fsp3) is 0.429. The van der Waals surface area contributed by atoms with E-state index in [2.05, 4.69) is 0 Å². The molecule has 0 aliphatic heterocycles. The van der Waals surface area contributed by atoms with Crippen LogP contribution in [0.1, 0.15) is 18.4 Å². The first-order valence-electron chi connectivity index (χ1n) is 6.12. The number of benzene rings is 1. The summed E-state index contributed by atoms with van der Waals surface area (Å²) in [6.07, 6.45) is 0.934. The van der Waals surface area contributed by atoms with E-state index in [1.807, 2.05) is 25.1 Å². The van der Waals surface area contributed by atoms with Crippen molar-refractivity contribution < 1.29 is 9.53 Å². The topological polar surface area (TPSA) is 79.3 Å². The van der Waals surface area contributed by atoms with Crippen LogP contribution in [0.15, 0.2) is 24.3 Å². The van der Waals surface area contributed by atoms with E-state index in [-0.39, 0.29) is 18.4 Å². The molecule has 0 aromatic heterocycles. The molecular formula is C14H19N3O2. The predicted octanol–water partition coefficient (Wildman–Crippen LogP) is 1.13. The highest BCUT2D eigenvalue weighted by atomic mass is 16.5. The summed E-state index contributed by atoms with van der Waals surface area (Å²) in [5, 5.41) is 8.65. The summed E-state index contributed by atoms with van der Waals surface area (Å²) >= 11 is 0. The van der Waals surface area contributed by atoms with Crippen molar-refractivity contribution in [2.45, 2.75) is 18.9 Å². The Morgan fingerprint density at radius 3 is 2.58 bits per heavy atom. The van der Waals surface area contributed by atoms with E-state index >= 15 is 0 Å². The van der Waals surface area contributed by atoms with E-state index < -0.39 is 0 Å². The molecule has 5 nitrogen and oxygen atoms in total. The van der Waals surface area contributed by atoms with Crippen LogP contribution in [0.2, 0.25) is 0 Å². The lowest BCUT2D eigenvalue weighted by molar-refractivity contribution is -0.134. The minimum atomic E-state index is -0.351. The molecule has 0 aliphatic rings. The Labute approximate surface area is 113 Å². The Bertz CT molecular complexity index is 449. The van der Waals surface area contributed by atoms with Gasteiger partial charge in [-0.1, -0.05) is 0 Å². The molecule has 102 valence electrons. The number of carbonyl (C=O) groups excluding carboxylic acids is 1. The van der Waals surface area contributed by atoms with Crippen LogP contribution in [-0.4, -0.2) is 37.6 Å². The van der Waals surface area contributed by atoms with Crippen LogP contribution in [-0.2, 0) is 4.79 Å². The Morgan fingerprint density at radius 1 is 1.42 bits per heavy atom. The zero-order valence-corrected chi connectivity index (χ0v) is 11.3. The van der Waals surface area contributed by atoms with Gasteiger partial charge in [0.05, 0.1) is 18.1 Å². The van der Waals surface area contributed by atoms with E-state index in [9.17, 15) is 4.79 Å². The summed E-state index contributed by atoms with van der Waals surface area (Å²) in [7, 11) is 3.92. The molecule has 1 aromatic rings. The number of esters is 1. The normalized spacial score (nSPS) is 11.9. The molecule has 0 fully saturated rings. The molecule has 0 saturated heterocycles. The maximum absolute atomic E-state index is 11.6. The monoisotopic (exact) mass is 261 g/mol. The van der Waals surface area contributed by atoms with Crippen molar-refractivity contribution in [1.29, 1.82) is 5.26 Å². The number of nitrogens with two attached hydrogens (primary N) is 1. The number of ether oxygens (including phenoxy) is 1. The highest BCUT2D eigenvalue weighted by Crippen LogP contribution is 2.12. The van der Waals surface area contributed by atoms with Gasteiger partial charge in [0.25, 0.3) is 0 Å². The summed E-state index contributed by atoms with van der Waals surface area (Å²) in [4.78, 5) is 13.7. The smallest absolute Gasteiger partial charge is 0.312 e. The summed E-state index contributed by atoms with van der Waals surface area (Å²) in [5.41, 5.74) is 6.38. The predicted molar refractivity (Wildman–Crippen MR) is 72.6 cm³/mol. The van der Waals surface area contributed by atoms with E-state index in [0.29, 0.717) is 11.3 Å². The maximum Gasteiger partial charge on any atom is 0.312 e.